The maximum Gasteiger partial charge on any atom is 0.255 e. The highest BCUT2D eigenvalue weighted by Crippen LogP contribution is 2.27. The van der Waals surface area contributed by atoms with Gasteiger partial charge < -0.3 is 15.2 Å². The van der Waals surface area contributed by atoms with Crippen molar-refractivity contribution in [1.82, 2.24) is 5.32 Å². The van der Waals surface area contributed by atoms with E-state index in [1.165, 1.54) is 0 Å². The van der Waals surface area contributed by atoms with Gasteiger partial charge in [-0.05, 0) is 37.5 Å². The third kappa shape index (κ3) is 3.26. The van der Waals surface area contributed by atoms with Crippen LogP contribution in [-0.2, 0) is 4.74 Å². The lowest BCUT2D eigenvalue weighted by molar-refractivity contribution is 0.0895. The molecule has 0 unspecified atom stereocenters. The van der Waals surface area contributed by atoms with E-state index in [0.29, 0.717) is 18.1 Å². The molecule has 0 heterocycles. The molecule has 19 heavy (non-hydrogen) atoms. The lowest BCUT2D eigenvalue weighted by atomic mass is 10.0. The van der Waals surface area contributed by atoms with E-state index >= 15 is 0 Å². The molecule has 0 aromatic heterocycles. The van der Waals surface area contributed by atoms with Gasteiger partial charge in [-0.25, -0.2) is 0 Å². The van der Waals surface area contributed by atoms with Crippen LogP contribution in [-0.4, -0.2) is 30.8 Å². The topological polar surface area (TPSA) is 58.6 Å². The molecule has 1 aromatic carbocycles. The molecule has 0 spiro atoms. The fourth-order valence-corrected chi connectivity index (χ4v) is 2.72. The van der Waals surface area contributed by atoms with Gasteiger partial charge in [0.2, 0.25) is 0 Å². The highest BCUT2D eigenvalue weighted by molar-refractivity contribution is 5.97. The van der Waals surface area contributed by atoms with E-state index in [1.54, 1.807) is 19.2 Å². The summed E-state index contributed by atoms with van der Waals surface area (Å²) >= 11 is 0. The summed E-state index contributed by atoms with van der Waals surface area (Å²) in [5, 5.41) is 12.8. The number of amides is 1. The highest BCUT2D eigenvalue weighted by atomic mass is 16.5. The van der Waals surface area contributed by atoms with E-state index in [2.05, 4.69) is 5.32 Å². The molecule has 1 fully saturated rings. The molecule has 0 radical (unpaired) electrons. The lowest BCUT2D eigenvalue weighted by Crippen LogP contribution is -2.38. The normalized spacial score (nSPS) is 22.4. The number of benzene rings is 1. The Labute approximate surface area is 113 Å². The number of rotatable bonds is 4. The highest BCUT2D eigenvalue weighted by Gasteiger charge is 2.29. The lowest BCUT2D eigenvalue weighted by Gasteiger charge is -2.20. The zero-order chi connectivity index (χ0) is 13.8. The van der Waals surface area contributed by atoms with Gasteiger partial charge in [-0.15, -0.1) is 0 Å². The quantitative estimate of drug-likeness (QED) is 0.876. The Kier molecular flexibility index (Phi) is 4.43. The summed E-state index contributed by atoms with van der Waals surface area (Å²) in [6, 6.07) is 5.25. The van der Waals surface area contributed by atoms with Gasteiger partial charge >= 0.3 is 0 Å². The number of carbonyl (C=O) groups is 1. The van der Waals surface area contributed by atoms with Gasteiger partial charge in [0.1, 0.15) is 5.75 Å². The van der Waals surface area contributed by atoms with E-state index in [-0.39, 0.29) is 17.7 Å². The van der Waals surface area contributed by atoms with Gasteiger partial charge in [0.05, 0.1) is 12.2 Å². The van der Waals surface area contributed by atoms with Crippen LogP contribution in [0.2, 0.25) is 0 Å². The summed E-state index contributed by atoms with van der Waals surface area (Å²) in [7, 11) is 1.68. The largest absolute Gasteiger partial charge is 0.507 e. The third-order valence-electron chi connectivity index (χ3n) is 3.75. The first-order valence-corrected chi connectivity index (χ1v) is 6.71. The molecule has 1 aliphatic carbocycles. The van der Waals surface area contributed by atoms with Crippen LogP contribution in [0.5, 0.6) is 5.75 Å². The van der Waals surface area contributed by atoms with Crippen LogP contribution in [0.25, 0.3) is 0 Å². The number of phenols is 1. The van der Waals surface area contributed by atoms with Crippen LogP contribution < -0.4 is 5.32 Å². The first-order valence-electron chi connectivity index (χ1n) is 6.71. The number of phenolic OH excluding ortho intramolecular Hbond substituents is 1. The molecule has 4 heteroatoms. The average Bonchev–Trinajstić information content (AvgIpc) is 2.77. The number of nitrogens with one attached hydrogen (secondary N) is 1. The van der Waals surface area contributed by atoms with Crippen LogP contribution in [0.3, 0.4) is 0 Å². The monoisotopic (exact) mass is 263 g/mol. The van der Waals surface area contributed by atoms with Gasteiger partial charge in [0.25, 0.3) is 5.91 Å². The van der Waals surface area contributed by atoms with E-state index in [9.17, 15) is 9.90 Å². The Balaban J connectivity index is 2.04. The molecule has 4 nitrogen and oxygen atoms in total. The standard InChI is InChI=1S/C15H21NO3/c1-10-6-7-12(14(17)8-10)15(18)16-13-5-3-4-11(13)9-19-2/h6-8,11,13,17H,3-5,9H2,1-2H3,(H,16,18)/t11-,13-/m0/s1. The Morgan fingerprint density at radius 3 is 2.95 bits per heavy atom. The maximum atomic E-state index is 12.2. The van der Waals surface area contributed by atoms with Crippen molar-refractivity contribution in [2.24, 2.45) is 5.92 Å². The van der Waals surface area contributed by atoms with Crippen LogP contribution in [0, 0.1) is 12.8 Å². The molecule has 0 bridgehead atoms. The molecular weight excluding hydrogens is 242 g/mol. The summed E-state index contributed by atoms with van der Waals surface area (Å²) in [5.41, 5.74) is 1.28. The number of carbonyl (C=O) groups excluding carboxylic acids is 1. The molecular formula is C15H21NO3. The molecule has 1 saturated carbocycles. The Hall–Kier alpha value is -1.55. The van der Waals surface area contributed by atoms with Crippen molar-refractivity contribution in [2.45, 2.75) is 32.2 Å². The zero-order valence-corrected chi connectivity index (χ0v) is 11.5. The van der Waals surface area contributed by atoms with Crippen LogP contribution in [0.1, 0.15) is 35.2 Å². The minimum Gasteiger partial charge on any atom is -0.507 e. The Morgan fingerprint density at radius 1 is 1.47 bits per heavy atom. The minimum absolute atomic E-state index is 0.0405. The molecule has 0 aliphatic heterocycles. The third-order valence-corrected chi connectivity index (χ3v) is 3.75. The van der Waals surface area contributed by atoms with Crippen LogP contribution in [0.15, 0.2) is 18.2 Å². The van der Waals surface area contributed by atoms with E-state index in [0.717, 1.165) is 24.8 Å². The van der Waals surface area contributed by atoms with Gasteiger partial charge in [-0.3, -0.25) is 4.79 Å². The summed E-state index contributed by atoms with van der Waals surface area (Å²) in [6.07, 6.45) is 3.17. The molecule has 2 rings (SSSR count). The van der Waals surface area contributed by atoms with Crippen molar-refractivity contribution in [3.8, 4) is 5.75 Å². The number of methoxy groups -OCH3 is 1. The predicted molar refractivity (Wildman–Crippen MR) is 73.3 cm³/mol. The van der Waals surface area contributed by atoms with Crippen molar-refractivity contribution in [3.05, 3.63) is 29.3 Å². The summed E-state index contributed by atoms with van der Waals surface area (Å²) in [6.45, 7) is 2.55. The molecule has 2 N–H and O–H groups in total. The number of hydrogen-bond acceptors (Lipinski definition) is 3. The number of ether oxygens (including phenoxy) is 1. The van der Waals surface area contributed by atoms with Crippen LogP contribution >= 0.6 is 0 Å². The molecule has 1 amide bonds. The number of hydrogen-bond donors (Lipinski definition) is 2. The van der Waals surface area contributed by atoms with E-state index in [1.807, 2.05) is 13.0 Å². The van der Waals surface area contributed by atoms with E-state index < -0.39 is 0 Å². The van der Waals surface area contributed by atoms with E-state index in [4.69, 9.17) is 4.74 Å². The Morgan fingerprint density at radius 2 is 2.26 bits per heavy atom. The van der Waals surface area contributed by atoms with Crippen LogP contribution in [0.4, 0.5) is 0 Å². The minimum atomic E-state index is -0.203. The molecule has 1 aliphatic rings. The molecule has 1 aromatic rings. The van der Waals surface area contributed by atoms with Gasteiger partial charge in [0, 0.05) is 19.1 Å². The fraction of sp³-hybridized carbons (Fsp3) is 0.533. The molecule has 0 saturated heterocycles. The van der Waals surface area contributed by atoms with Gasteiger partial charge in [0.15, 0.2) is 0 Å². The number of aromatic hydroxyl groups is 1. The van der Waals surface area contributed by atoms with Crippen molar-refractivity contribution < 1.29 is 14.6 Å². The second-order valence-corrected chi connectivity index (χ2v) is 5.25. The fourth-order valence-electron chi connectivity index (χ4n) is 2.72. The predicted octanol–water partition coefficient (Wildman–Crippen LogP) is 2.25. The summed E-state index contributed by atoms with van der Waals surface area (Å²) in [5.74, 6) is 0.214. The smallest absolute Gasteiger partial charge is 0.255 e. The number of aryl methyl sites for hydroxylation is 1. The SMILES string of the molecule is COC[C@@H]1CCC[C@@H]1NC(=O)c1ccc(C)cc1O. The Bertz CT molecular complexity index is 459. The van der Waals surface area contributed by atoms with Gasteiger partial charge in [-0.1, -0.05) is 12.5 Å². The second-order valence-electron chi connectivity index (χ2n) is 5.25. The van der Waals surface area contributed by atoms with Crippen molar-refractivity contribution in [1.29, 1.82) is 0 Å². The van der Waals surface area contributed by atoms with Crippen molar-refractivity contribution >= 4 is 5.91 Å². The average molecular weight is 263 g/mol. The van der Waals surface area contributed by atoms with Crippen molar-refractivity contribution in [2.75, 3.05) is 13.7 Å². The zero-order valence-electron chi connectivity index (χ0n) is 11.5. The summed E-state index contributed by atoms with van der Waals surface area (Å²) in [4.78, 5) is 12.2. The first kappa shape index (κ1) is 13.9. The summed E-state index contributed by atoms with van der Waals surface area (Å²) < 4.78 is 5.18. The maximum absolute atomic E-state index is 12.2. The van der Waals surface area contributed by atoms with Crippen molar-refractivity contribution in [3.63, 3.8) is 0 Å². The second kappa shape index (κ2) is 6.06. The molecule has 2 atom stereocenters. The van der Waals surface area contributed by atoms with Gasteiger partial charge in [-0.2, -0.15) is 0 Å². The first-order chi connectivity index (χ1) is 9.11. The molecule has 104 valence electrons.